The van der Waals surface area contributed by atoms with Gasteiger partial charge in [-0.05, 0) is 31.0 Å². The average molecular weight is 335 g/mol. The Balaban J connectivity index is 1.52. The maximum absolute atomic E-state index is 11.9. The number of oxazole rings is 1. The molecule has 2 N–H and O–H groups in total. The summed E-state index contributed by atoms with van der Waals surface area (Å²) in [6.07, 6.45) is 2.10. The van der Waals surface area contributed by atoms with Gasteiger partial charge in [-0.3, -0.25) is 10.1 Å². The lowest BCUT2D eigenvalue weighted by molar-refractivity contribution is 0.0947. The SMILES string of the molecule is O=C(NC1CC1)c1csc(Nc2nc3cc(Cl)ccc3o2)n1. The molecule has 1 aliphatic rings. The molecule has 3 aromatic rings. The first kappa shape index (κ1) is 13.5. The highest BCUT2D eigenvalue weighted by Gasteiger charge is 2.24. The van der Waals surface area contributed by atoms with Crippen LogP contribution in [0.4, 0.5) is 11.1 Å². The largest absolute Gasteiger partial charge is 0.423 e. The summed E-state index contributed by atoms with van der Waals surface area (Å²) in [7, 11) is 0. The van der Waals surface area contributed by atoms with Gasteiger partial charge < -0.3 is 9.73 Å². The van der Waals surface area contributed by atoms with Crippen LogP contribution < -0.4 is 10.6 Å². The molecule has 2 aromatic heterocycles. The van der Waals surface area contributed by atoms with Gasteiger partial charge in [-0.15, -0.1) is 11.3 Å². The summed E-state index contributed by atoms with van der Waals surface area (Å²) in [5.41, 5.74) is 1.70. The molecule has 1 fully saturated rings. The van der Waals surface area contributed by atoms with Crippen LogP contribution in [0.5, 0.6) is 0 Å². The summed E-state index contributed by atoms with van der Waals surface area (Å²) in [6.45, 7) is 0. The maximum Gasteiger partial charge on any atom is 0.302 e. The molecule has 22 heavy (non-hydrogen) atoms. The first-order chi connectivity index (χ1) is 10.7. The van der Waals surface area contributed by atoms with E-state index in [1.165, 1.54) is 11.3 Å². The van der Waals surface area contributed by atoms with Crippen molar-refractivity contribution in [3.8, 4) is 0 Å². The van der Waals surface area contributed by atoms with Crippen molar-refractivity contribution in [2.45, 2.75) is 18.9 Å². The molecular weight excluding hydrogens is 324 g/mol. The number of nitrogens with one attached hydrogen (secondary N) is 2. The minimum absolute atomic E-state index is 0.142. The Hall–Kier alpha value is -2.12. The van der Waals surface area contributed by atoms with E-state index in [1.807, 2.05) is 0 Å². The van der Waals surface area contributed by atoms with Gasteiger partial charge in [0, 0.05) is 16.4 Å². The van der Waals surface area contributed by atoms with E-state index in [4.69, 9.17) is 16.0 Å². The van der Waals surface area contributed by atoms with E-state index in [0.29, 0.717) is 39.0 Å². The molecule has 2 heterocycles. The summed E-state index contributed by atoms with van der Waals surface area (Å²) >= 11 is 7.24. The van der Waals surface area contributed by atoms with Crippen LogP contribution >= 0.6 is 22.9 Å². The monoisotopic (exact) mass is 334 g/mol. The Bertz CT molecular complexity index is 856. The minimum Gasteiger partial charge on any atom is -0.423 e. The fourth-order valence-electron chi connectivity index (χ4n) is 1.97. The maximum atomic E-state index is 11.9. The molecule has 0 aliphatic heterocycles. The number of anilines is 2. The van der Waals surface area contributed by atoms with E-state index >= 15 is 0 Å². The molecule has 0 saturated heterocycles. The van der Waals surface area contributed by atoms with Gasteiger partial charge in [-0.25, -0.2) is 4.98 Å². The summed E-state index contributed by atoms with van der Waals surface area (Å²) in [4.78, 5) is 20.4. The molecule has 8 heteroatoms. The zero-order valence-electron chi connectivity index (χ0n) is 11.3. The second kappa shape index (κ2) is 5.26. The number of hydrogen-bond donors (Lipinski definition) is 2. The van der Waals surface area contributed by atoms with Gasteiger partial charge in [-0.2, -0.15) is 4.98 Å². The number of amides is 1. The predicted molar refractivity (Wildman–Crippen MR) is 84.9 cm³/mol. The first-order valence-corrected chi connectivity index (χ1v) is 8.03. The Morgan fingerprint density at radius 3 is 3.05 bits per heavy atom. The molecule has 0 bridgehead atoms. The van der Waals surface area contributed by atoms with Crippen molar-refractivity contribution in [3.63, 3.8) is 0 Å². The third kappa shape index (κ3) is 2.77. The molecule has 0 atom stereocenters. The second-order valence-electron chi connectivity index (χ2n) is 5.04. The van der Waals surface area contributed by atoms with Gasteiger partial charge >= 0.3 is 6.01 Å². The number of halogens is 1. The molecule has 112 valence electrons. The van der Waals surface area contributed by atoms with Crippen molar-refractivity contribution in [3.05, 3.63) is 34.3 Å². The van der Waals surface area contributed by atoms with E-state index in [0.717, 1.165) is 12.8 Å². The first-order valence-electron chi connectivity index (χ1n) is 6.77. The van der Waals surface area contributed by atoms with Gasteiger partial charge in [0.1, 0.15) is 11.2 Å². The number of nitrogens with zero attached hydrogens (tertiary/aromatic N) is 2. The van der Waals surface area contributed by atoms with Gasteiger partial charge in [0.15, 0.2) is 10.7 Å². The van der Waals surface area contributed by atoms with Crippen molar-refractivity contribution < 1.29 is 9.21 Å². The summed E-state index contributed by atoms with van der Waals surface area (Å²) in [5.74, 6) is -0.142. The van der Waals surface area contributed by atoms with Crippen LogP contribution in [0.15, 0.2) is 28.0 Å². The number of benzene rings is 1. The molecular formula is C14H11ClN4O2S. The van der Waals surface area contributed by atoms with Crippen LogP contribution in [-0.2, 0) is 0 Å². The number of carbonyl (C=O) groups excluding carboxylic acids is 1. The lowest BCUT2D eigenvalue weighted by atomic mass is 10.3. The normalized spacial score (nSPS) is 14.2. The molecule has 0 unspecified atom stereocenters. The molecule has 4 rings (SSSR count). The van der Waals surface area contributed by atoms with Crippen LogP contribution in [-0.4, -0.2) is 21.9 Å². The second-order valence-corrected chi connectivity index (χ2v) is 6.34. The number of rotatable bonds is 4. The number of thiazole rings is 1. The van der Waals surface area contributed by atoms with E-state index in [-0.39, 0.29) is 5.91 Å². The quantitative estimate of drug-likeness (QED) is 0.762. The van der Waals surface area contributed by atoms with Crippen LogP contribution in [0.3, 0.4) is 0 Å². The molecule has 1 aromatic carbocycles. The predicted octanol–water partition coefficient (Wildman–Crippen LogP) is 3.57. The Labute approximate surface area is 134 Å². The lowest BCUT2D eigenvalue weighted by Crippen LogP contribution is -2.25. The molecule has 1 aliphatic carbocycles. The molecule has 1 amide bonds. The highest BCUT2D eigenvalue weighted by molar-refractivity contribution is 7.14. The van der Waals surface area contributed by atoms with Crippen LogP contribution in [0.25, 0.3) is 11.1 Å². The molecule has 1 saturated carbocycles. The van der Waals surface area contributed by atoms with Crippen molar-refractivity contribution in [2.24, 2.45) is 0 Å². The molecule has 6 nitrogen and oxygen atoms in total. The summed E-state index contributed by atoms with van der Waals surface area (Å²) in [6, 6.07) is 5.85. The average Bonchev–Trinajstić information content (AvgIpc) is 3.03. The van der Waals surface area contributed by atoms with Crippen LogP contribution in [0.1, 0.15) is 23.3 Å². The number of hydrogen-bond acceptors (Lipinski definition) is 6. The van der Waals surface area contributed by atoms with Crippen molar-refractivity contribution in [1.29, 1.82) is 0 Å². The highest BCUT2D eigenvalue weighted by atomic mass is 35.5. The van der Waals surface area contributed by atoms with E-state index in [2.05, 4.69) is 20.6 Å². The Morgan fingerprint density at radius 2 is 2.23 bits per heavy atom. The Morgan fingerprint density at radius 1 is 1.36 bits per heavy atom. The fraction of sp³-hybridized carbons (Fsp3) is 0.214. The summed E-state index contributed by atoms with van der Waals surface area (Å²) < 4.78 is 5.56. The van der Waals surface area contributed by atoms with Crippen LogP contribution in [0.2, 0.25) is 5.02 Å². The molecule has 0 radical (unpaired) electrons. The topological polar surface area (TPSA) is 80.0 Å². The Kier molecular flexibility index (Phi) is 3.24. The fourth-order valence-corrected chi connectivity index (χ4v) is 2.81. The van der Waals surface area contributed by atoms with Crippen molar-refractivity contribution >= 4 is 51.1 Å². The number of aromatic nitrogens is 2. The van der Waals surface area contributed by atoms with Crippen molar-refractivity contribution in [1.82, 2.24) is 15.3 Å². The van der Waals surface area contributed by atoms with Gasteiger partial charge in [0.05, 0.1) is 0 Å². The van der Waals surface area contributed by atoms with Crippen LogP contribution in [0, 0.1) is 0 Å². The third-order valence-electron chi connectivity index (χ3n) is 3.21. The van der Waals surface area contributed by atoms with Gasteiger partial charge in [-0.1, -0.05) is 11.6 Å². The number of carbonyl (C=O) groups is 1. The van der Waals surface area contributed by atoms with E-state index in [1.54, 1.807) is 23.6 Å². The zero-order chi connectivity index (χ0) is 15.1. The zero-order valence-corrected chi connectivity index (χ0v) is 12.9. The van der Waals surface area contributed by atoms with E-state index < -0.39 is 0 Å². The third-order valence-corrected chi connectivity index (χ3v) is 4.21. The van der Waals surface area contributed by atoms with Gasteiger partial charge in [0.25, 0.3) is 5.91 Å². The van der Waals surface area contributed by atoms with Gasteiger partial charge in [0.2, 0.25) is 0 Å². The summed E-state index contributed by atoms with van der Waals surface area (Å²) in [5, 5.41) is 8.72. The molecule has 0 spiro atoms. The number of fused-ring (bicyclic) bond motifs is 1. The van der Waals surface area contributed by atoms with E-state index in [9.17, 15) is 4.79 Å². The highest BCUT2D eigenvalue weighted by Crippen LogP contribution is 2.26. The smallest absolute Gasteiger partial charge is 0.302 e. The lowest BCUT2D eigenvalue weighted by Gasteiger charge is -1.98. The minimum atomic E-state index is -0.142. The van der Waals surface area contributed by atoms with Crippen molar-refractivity contribution in [2.75, 3.05) is 5.32 Å². The standard InChI is InChI=1S/C14H11ClN4O2S/c15-7-1-4-11-9(5-7)17-13(21-11)19-14-18-10(6-22-14)12(20)16-8-2-3-8/h1,4-6,8H,2-3H2,(H,16,20)(H,17,18,19).